The molecule has 1 amide bonds. The van der Waals surface area contributed by atoms with Crippen molar-refractivity contribution < 1.29 is 28.6 Å². The first kappa shape index (κ1) is 22.1. The monoisotopic (exact) mass is 470 g/mol. The highest BCUT2D eigenvalue weighted by atomic mass is 16.5. The Balaban J connectivity index is 1.85. The maximum absolute atomic E-state index is 12.4. The van der Waals surface area contributed by atoms with E-state index >= 15 is 0 Å². The highest BCUT2D eigenvalue weighted by Gasteiger charge is 2.22. The number of nitrogens with zero attached hydrogens (tertiary/aromatic N) is 1. The molecule has 2 aromatic heterocycles. The Bertz CT molecular complexity index is 1570. The van der Waals surface area contributed by atoms with Gasteiger partial charge in [0.1, 0.15) is 17.3 Å². The van der Waals surface area contributed by atoms with Crippen LogP contribution in [0.15, 0.2) is 77.4 Å². The van der Waals surface area contributed by atoms with E-state index in [4.69, 9.17) is 19.6 Å². The van der Waals surface area contributed by atoms with E-state index < -0.39 is 18.5 Å². The van der Waals surface area contributed by atoms with E-state index in [9.17, 15) is 14.7 Å². The second-order valence-corrected chi connectivity index (χ2v) is 8.03. The second kappa shape index (κ2) is 8.90. The normalized spacial score (nSPS) is 11.1. The molecule has 5 aromatic rings. The molecule has 35 heavy (non-hydrogen) atoms. The average Bonchev–Trinajstić information content (AvgIpc) is 3.50. The Morgan fingerprint density at radius 1 is 1.00 bits per heavy atom. The summed E-state index contributed by atoms with van der Waals surface area (Å²) in [6.45, 7) is -0.0859. The number of aliphatic carboxylic acids is 1. The molecule has 8 heteroatoms. The highest BCUT2D eigenvalue weighted by Crippen LogP contribution is 2.41. The Labute approximate surface area is 200 Å². The van der Waals surface area contributed by atoms with E-state index in [2.05, 4.69) is 0 Å². The maximum atomic E-state index is 12.4. The first-order valence-electron chi connectivity index (χ1n) is 10.9. The topological polar surface area (TPSA) is 117 Å². The Hall–Kier alpha value is -4.72. The summed E-state index contributed by atoms with van der Waals surface area (Å²) < 4.78 is 18.8. The van der Waals surface area contributed by atoms with Crippen LogP contribution in [0.1, 0.15) is 15.9 Å². The van der Waals surface area contributed by atoms with E-state index in [1.807, 2.05) is 47.0 Å². The summed E-state index contributed by atoms with van der Waals surface area (Å²) in [5.74, 6) is -0.0604. The highest BCUT2D eigenvalue weighted by molar-refractivity contribution is 6.20. The molecule has 0 fully saturated rings. The molecule has 0 aliphatic rings. The fourth-order valence-corrected chi connectivity index (χ4v) is 4.39. The van der Waals surface area contributed by atoms with E-state index in [-0.39, 0.29) is 0 Å². The SMILES string of the molecule is COc1cccc(Cn2c3cc(-c4ccco4)cc(OCC(=O)O)c3c3c(C(N)=O)cccc32)c1. The number of ether oxygens (including phenoxy) is 2. The lowest BCUT2D eigenvalue weighted by atomic mass is 10.0. The molecule has 0 unspecified atom stereocenters. The number of carboxylic acids is 1. The van der Waals surface area contributed by atoms with Crippen molar-refractivity contribution in [1.82, 2.24) is 4.57 Å². The molecule has 0 spiro atoms. The molecular formula is C27H22N2O6. The van der Waals surface area contributed by atoms with E-state index in [0.717, 1.165) is 22.3 Å². The third-order valence-corrected chi connectivity index (χ3v) is 5.85. The minimum atomic E-state index is -1.11. The number of nitrogens with two attached hydrogens (primary N) is 1. The predicted octanol–water partition coefficient (Wildman–Crippen LogP) is 4.67. The molecule has 0 radical (unpaired) electrons. The number of hydrogen-bond acceptors (Lipinski definition) is 5. The van der Waals surface area contributed by atoms with Crippen LogP contribution in [0.25, 0.3) is 33.1 Å². The average molecular weight is 470 g/mol. The van der Waals surface area contributed by atoms with Gasteiger partial charge in [0.25, 0.3) is 0 Å². The third kappa shape index (κ3) is 4.06. The molecule has 176 valence electrons. The zero-order valence-corrected chi connectivity index (χ0v) is 18.9. The molecular weight excluding hydrogens is 448 g/mol. The van der Waals surface area contributed by atoms with E-state index in [0.29, 0.717) is 40.0 Å². The summed E-state index contributed by atoms with van der Waals surface area (Å²) in [5, 5.41) is 10.5. The molecule has 0 aliphatic carbocycles. The lowest BCUT2D eigenvalue weighted by Gasteiger charge is -2.11. The smallest absolute Gasteiger partial charge is 0.341 e. The number of methoxy groups -OCH3 is 1. The van der Waals surface area contributed by atoms with Crippen molar-refractivity contribution >= 4 is 33.7 Å². The van der Waals surface area contributed by atoms with Gasteiger partial charge in [0.05, 0.1) is 29.8 Å². The third-order valence-electron chi connectivity index (χ3n) is 5.85. The fraction of sp³-hybridized carbons (Fsp3) is 0.111. The lowest BCUT2D eigenvalue weighted by Crippen LogP contribution is -2.11. The van der Waals surface area contributed by atoms with Crippen LogP contribution in [-0.4, -0.2) is 35.3 Å². The number of amides is 1. The van der Waals surface area contributed by atoms with Gasteiger partial charge in [-0.2, -0.15) is 0 Å². The standard InChI is InChI=1S/C27H22N2O6/c1-33-18-6-2-5-16(11-18)14-29-20-8-3-7-19(27(28)32)25(20)26-21(29)12-17(22-9-4-10-34-22)13-23(26)35-15-24(30)31/h2-13H,14-15H2,1H3,(H2,28,32)(H,30,31). The number of aromatic nitrogens is 1. The molecule has 0 aliphatic heterocycles. The minimum absolute atomic E-state index is 0.319. The number of fused-ring (bicyclic) bond motifs is 3. The Morgan fingerprint density at radius 2 is 1.83 bits per heavy atom. The number of hydrogen-bond donors (Lipinski definition) is 2. The summed E-state index contributed by atoms with van der Waals surface area (Å²) in [6, 6.07) is 20.3. The van der Waals surface area contributed by atoms with Gasteiger partial charge in [-0.3, -0.25) is 4.79 Å². The number of carbonyl (C=O) groups is 2. The number of carbonyl (C=O) groups excluding carboxylic acids is 1. The molecule has 5 rings (SSSR count). The van der Waals surface area contributed by atoms with Gasteiger partial charge in [0.15, 0.2) is 6.61 Å². The molecule has 3 N–H and O–H groups in total. The zero-order chi connectivity index (χ0) is 24.5. The first-order chi connectivity index (χ1) is 17.0. The fourth-order valence-electron chi connectivity index (χ4n) is 4.39. The molecule has 0 saturated heterocycles. The van der Waals surface area contributed by atoms with Crippen molar-refractivity contribution in [2.24, 2.45) is 5.73 Å². The van der Waals surface area contributed by atoms with Crippen LogP contribution < -0.4 is 15.2 Å². The number of carboxylic acid groups (broad SMARTS) is 1. The quantitative estimate of drug-likeness (QED) is 0.340. The van der Waals surface area contributed by atoms with Crippen LogP contribution >= 0.6 is 0 Å². The van der Waals surface area contributed by atoms with Crippen LogP contribution in [0, 0.1) is 0 Å². The summed E-state index contributed by atoms with van der Waals surface area (Å²) in [7, 11) is 1.61. The summed E-state index contributed by atoms with van der Waals surface area (Å²) in [4.78, 5) is 23.7. The van der Waals surface area contributed by atoms with Crippen LogP contribution in [0.5, 0.6) is 11.5 Å². The zero-order valence-electron chi connectivity index (χ0n) is 18.9. The maximum Gasteiger partial charge on any atom is 0.341 e. The van der Waals surface area contributed by atoms with Gasteiger partial charge in [-0.05, 0) is 54.1 Å². The molecule has 0 atom stereocenters. The number of benzene rings is 3. The van der Waals surface area contributed by atoms with Gasteiger partial charge in [0, 0.05) is 23.1 Å². The second-order valence-electron chi connectivity index (χ2n) is 8.03. The van der Waals surface area contributed by atoms with Gasteiger partial charge in [-0.25, -0.2) is 4.79 Å². The van der Waals surface area contributed by atoms with Crippen molar-refractivity contribution in [3.8, 4) is 22.8 Å². The molecule has 3 aromatic carbocycles. The van der Waals surface area contributed by atoms with Crippen molar-refractivity contribution in [3.05, 3.63) is 84.1 Å². The van der Waals surface area contributed by atoms with Crippen LogP contribution in [0.2, 0.25) is 0 Å². The van der Waals surface area contributed by atoms with Gasteiger partial charge in [-0.15, -0.1) is 0 Å². The van der Waals surface area contributed by atoms with E-state index in [1.165, 1.54) is 0 Å². The molecule has 0 bridgehead atoms. The van der Waals surface area contributed by atoms with Gasteiger partial charge >= 0.3 is 5.97 Å². The largest absolute Gasteiger partial charge is 0.497 e. The lowest BCUT2D eigenvalue weighted by molar-refractivity contribution is -0.139. The number of primary amides is 1. The molecule has 8 nitrogen and oxygen atoms in total. The molecule has 0 saturated carbocycles. The Kier molecular flexibility index (Phi) is 5.62. The van der Waals surface area contributed by atoms with E-state index in [1.54, 1.807) is 37.6 Å². The van der Waals surface area contributed by atoms with Crippen molar-refractivity contribution in [2.45, 2.75) is 6.54 Å². The summed E-state index contributed by atoms with van der Waals surface area (Å²) in [5.41, 5.74) is 9.24. The van der Waals surface area contributed by atoms with Crippen molar-refractivity contribution in [1.29, 1.82) is 0 Å². The van der Waals surface area contributed by atoms with Gasteiger partial charge < -0.3 is 29.3 Å². The summed E-state index contributed by atoms with van der Waals surface area (Å²) in [6.07, 6.45) is 1.56. The summed E-state index contributed by atoms with van der Waals surface area (Å²) >= 11 is 0. The molecule has 2 heterocycles. The van der Waals surface area contributed by atoms with Crippen LogP contribution in [0.4, 0.5) is 0 Å². The Morgan fingerprint density at radius 3 is 2.54 bits per heavy atom. The predicted molar refractivity (Wildman–Crippen MR) is 131 cm³/mol. The van der Waals surface area contributed by atoms with Crippen LogP contribution in [-0.2, 0) is 11.3 Å². The van der Waals surface area contributed by atoms with Gasteiger partial charge in [0.2, 0.25) is 5.91 Å². The minimum Gasteiger partial charge on any atom is -0.497 e. The first-order valence-corrected chi connectivity index (χ1v) is 10.9. The van der Waals surface area contributed by atoms with Crippen molar-refractivity contribution in [2.75, 3.05) is 13.7 Å². The van der Waals surface area contributed by atoms with Crippen molar-refractivity contribution in [3.63, 3.8) is 0 Å². The number of rotatable bonds is 8. The van der Waals surface area contributed by atoms with Crippen LogP contribution in [0.3, 0.4) is 0 Å². The number of furan rings is 1. The van der Waals surface area contributed by atoms with Gasteiger partial charge in [-0.1, -0.05) is 18.2 Å².